The van der Waals surface area contributed by atoms with Gasteiger partial charge >= 0.3 is 0 Å². The minimum Gasteiger partial charge on any atom is -0.439 e. The Morgan fingerprint density at radius 3 is 2.72 bits per heavy atom. The molecule has 1 aliphatic heterocycles. The minimum absolute atomic E-state index is 0.280. The number of β-amino-alcohol motifs (C(OH)–C–C–N with tert-alkyl or cyclic N) is 1. The van der Waals surface area contributed by atoms with Gasteiger partial charge < -0.3 is 14.3 Å². The van der Waals surface area contributed by atoms with E-state index in [0.29, 0.717) is 31.3 Å². The number of aromatic nitrogens is 1. The van der Waals surface area contributed by atoms with Crippen LogP contribution in [-0.4, -0.2) is 72.4 Å². The molecule has 1 atom stereocenters. The SMILES string of the molecule is CN(Cc1ncc(-c2ccc(F)cc2)o1)CC(O)CN1CCOCC1. The third kappa shape index (κ3) is 5.34. The largest absolute Gasteiger partial charge is 0.439 e. The first-order chi connectivity index (χ1) is 12.1. The molecule has 1 aliphatic rings. The highest BCUT2D eigenvalue weighted by Crippen LogP contribution is 2.21. The van der Waals surface area contributed by atoms with Crippen LogP contribution in [0, 0.1) is 5.82 Å². The van der Waals surface area contributed by atoms with Gasteiger partial charge in [0.15, 0.2) is 5.76 Å². The van der Waals surface area contributed by atoms with Crippen LogP contribution in [0.2, 0.25) is 0 Å². The maximum atomic E-state index is 13.0. The highest BCUT2D eigenvalue weighted by Gasteiger charge is 2.17. The zero-order chi connectivity index (χ0) is 17.6. The molecular formula is C18H24FN3O3. The van der Waals surface area contributed by atoms with Crippen molar-refractivity contribution in [2.75, 3.05) is 46.4 Å². The third-order valence-corrected chi connectivity index (χ3v) is 4.18. The molecule has 0 aliphatic carbocycles. The molecule has 25 heavy (non-hydrogen) atoms. The summed E-state index contributed by atoms with van der Waals surface area (Å²) < 4.78 is 24.0. The van der Waals surface area contributed by atoms with Crippen LogP contribution < -0.4 is 0 Å². The molecular weight excluding hydrogens is 325 g/mol. The van der Waals surface area contributed by atoms with Crippen LogP contribution in [-0.2, 0) is 11.3 Å². The van der Waals surface area contributed by atoms with Crippen molar-refractivity contribution in [2.45, 2.75) is 12.6 Å². The van der Waals surface area contributed by atoms with Gasteiger partial charge in [0.05, 0.1) is 32.1 Å². The van der Waals surface area contributed by atoms with Crippen LogP contribution in [0.1, 0.15) is 5.89 Å². The van der Waals surface area contributed by atoms with Crippen LogP contribution in [0.25, 0.3) is 11.3 Å². The van der Waals surface area contributed by atoms with Crippen molar-refractivity contribution < 1.29 is 18.7 Å². The molecule has 1 aromatic heterocycles. The Bertz CT molecular complexity index is 656. The van der Waals surface area contributed by atoms with E-state index in [4.69, 9.17) is 9.15 Å². The Hall–Kier alpha value is -1.80. The average molecular weight is 349 g/mol. The van der Waals surface area contributed by atoms with Gasteiger partial charge in [-0.15, -0.1) is 0 Å². The first-order valence-electron chi connectivity index (χ1n) is 8.47. The maximum Gasteiger partial charge on any atom is 0.209 e. The fourth-order valence-electron chi connectivity index (χ4n) is 2.93. The number of aliphatic hydroxyl groups is 1. The molecule has 0 spiro atoms. The number of hydrogen-bond acceptors (Lipinski definition) is 6. The van der Waals surface area contributed by atoms with Gasteiger partial charge in [0, 0.05) is 31.7 Å². The summed E-state index contributed by atoms with van der Waals surface area (Å²) in [7, 11) is 1.92. The van der Waals surface area contributed by atoms with E-state index in [0.717, 1.165) is 31.9 Å². The zero-order valence-electron chi connectivity index (χ0n) is 14.4. The van der Waals surface area contributed by atoms with Gasteiger partial charge in [-0.3, -0.25) is 9.80 Å². The van der Waals surface area contributed by atoms with E-state index >= 15 is 0 Å². The predicted octanol–water partition coefficient (Wildman–Crippen LogP) is 1.61. The molecule has 0 amide bonds. The second-order valence-corrected chi connectivity index (χ2v) is 6.39. The number of ether oxygens (including phenoxy) is 1. The minimum atomic E-state index is -0.436. The lowest BCUT2D eigenvalue weighted by molar-refractivity contribution is 0.00784. The van der Waals surface area contributed by atoms with Crippen LogP contribution in [0.3, 0.4) is 0 Å². The number of nitrogens with zero attached hydrogens (tertiary/aromatic N) is 3. The topological polar surface area (TPSA) is 62.0 Å². The molecule has 1 N–H and O–H groups in total. The summed E-state index contributed by atoms with van der Waals surface area (Å²) in [5.41, 5.74) is 0.787. The molecule has 1 fully saturated rings. The summed E-state index contributed by atoms with van der Waals surface area (Å²) in [6, 6.07) is 6.11. The standard InChI is InChI=1S/C18H24FN3O3/c1-21(11-16(23)12-22-6-8-24-9-7-22)13-18-20-10-17(25-18)14-2-4-15(19)5-3-14/h2-5,10,16,23H,6-9,11-13H2,1H3. The number of benzene rings is 1. The van der Waals surface area contributed by atoms with Crippen LogP contribution in [0.4, 0.5) is 4.39 Å². The second kappa shape index (κ2) is 8.53. The van der Waals surface area contributed by atoms with Gasteiger partial charge in [0.2, 0.25) is 5.89 Å². The summed E-state index contributed by atoms with van der Waals surface area (Å²) in [5, 5.41) is 10.2. The molecule has 0 bridgehead atoms. The molecule has 2 heterocycles. The molecule has 2 aromatic rings. The molecule has 1 aromatic carbocycles. The Morgan fingerprint density at radius 1 is 1.28 bits per heavy atom. The number of aliphatic hydroxyl groups excluding tert-OH is 1. The lowest BCUT2D eigenvalue weighted by Crippen LogP contribution is -2.43. The molecule has 1 saturated heterocycles. The van der Waals surface area contributed by atoms with Crippen molar-refractivity contribution in [2.24, 2.45) is 0 Å². The number of likely N-dealkylation sites (N-methyl/N-ethyl adjacent to an activating group) is 1. The van der Waals surface area contributed by atoms with Crippen molar-refractivity contribution in [3.8, 4) is 11.3 Å². The summed E-state index contributed by atoms with van der Waals surface area (Å²) in [6.45, 7) is 4.85. The summed E-state index contributed by atoms with van der Waals surface area (Å²) >= 11 is 0. The molecule has 136 valence electrons. The Labute approximate surface area is 146 Å². The van der Waals surface area contributed by atoms with E-state index in [9.17, 15) is 9.50 Å². The second-order valence-electron chi connectivity index (χ2n) is 6.39. The van der Waals surface area contributed by atoms with Crippen molar-refractivity contribution in [3.05, 3.63) is 42.2 Å². The predicted molar refractivity (Wildman–Crippen MR) is 91.5 cm³/mol. The maximum absolute atomic E-state index is 13.0. The first-order valence-corrected chi connectivity index (χ1v) is 8.47. The van der Waals surface area contributed by atoms with E-state index in [1.807, 2.05) is 11.9 Å². The number of hydrogen-bond donors (Lipinski definition) is 1. The number of morpholine rings is 1. The normalized spacial score (nSPS) is 17.1. The van der Waals surface area contributed by atoms with Crippen LogP contribution in [0.15, 0.2) is 34.9 Å². The quantitative estimate of drug-likeness (QED) is 0.819. The van der Waals surface area contributed by atoms with Gasteiger partial charge in [-0.25, -0.2) is 9.37 Å². The van der Waals surface area contributed by atoms with E-state index < -0.39 is 6.10 Å². The first kappa shape index (κ1) is 18.0. The number of halogens is 1. The number of oxazole rings is 1. The van der Waals surface area contributed by atoms with Crippen molar-refractivity contribution in [1.82, 2.24) is 14.8 Å². The summed E-state index contributed by atoms with van der Waals surface area (Å²) in [6.07, 6.45) is 1.20. The fraction of sp³-hybridized carbons (Fsp3) is 0.500. The highest BCUT2D eigenvalue weighted by molar-refractivity contribution is 5.55. The molecule has 1 unspecified atom stereocenters. The lowest BCUT2D eigenvalue weighted by Gasteiger charge is -2.29. The molecule has 0 saturated carbocycles. The van der Waals surface area contributed by atoms with Crippen LogP contribution in [0.5, 0.6) is 0 Å². The van der Waals surface area contributed by atoms with Gasteiger partial charge in [-0.2, -0.15) is 0 Å². The van der Waals surface area contributed by atoms with Gasteiger partial charge in [0.25, 0.3) is 0 Å². The van der Waals surface area contributed by atoms with E-state index in [1.54, 1.807) is 18.3 Å². The van der Waals surface area contributed by atoms with Crippen molar-refractivity contribution in [1.29, 1.82) is 0 Å². The molecule has 0 radical (unpaired) electrons. The zero-order valence-corrected chi connectivity index (χ0v) is 14.4. The fourth-order valence-corrected chi connectivity index (χ4v) is 2.93. The Morgan fingerprint density at radius 2 is 2.00 bits per heavy atom. The lowest BCUT2D eigenvalue weighted by atomic mass is 10.2. The third-order valence-electron chi connectivity index (χ3n) is 4.18. The van der Waals surface area contributed by atoms with Crippen molar-refractivity contribution >= 4 is 0 Å². The molecule has 3 rings (SSSR count). The Kier molecular flexibility index (Phi) is 6.14. The smallest absolute Gasteiger partial charge is 0.209 e. The van der Waals surface area contributed by atoms with E-state index in [2.05, 4.69) is 9.88 Å². The molecule has 6 nitrogen and oxygen atoms in total. The van der Waals surface area contributed by atoms with Gasteiger partial charge in [-0.05, 0) is 31.3 Å². The Balaban J connectivity index is 1.49. The monoisotopic (exact) mass is 349 g/mol. The van der Waals surface area contributed by atoms with E-state index in [-0.39, 0.29) is 5.82 Å². The average Bonchev–Trinajstić information content (AvgIpc) is 3.04. The summed E-state index contributed by atoms with van der Waals surface area (Å²) in [4.78, 5) is 8.45. The number of rotatable bonds is 7. The van der Waals surface area contributed by atoms with Crippen LogP contribution >= 0.6 is 0 Å². The summed E-state index contributed by atoms with van der Waals surface area (Å²) in [5.74, 6) is 0.898. The highest BCUT2D eigenvalue weighted by atomic mass is 19.1. The molecule has 7 heteroatoms. The van der Waals surface area contributed by atoms with Crippen molar-refractivity contribution in [3.63, 3.8) is 0 Å². The van der Waals surface area contributed by atoms with Gasteiger partial charge in [-0.1, -0.05) is 0 Å². The van der Waals surface area contributed by atoms with E-state index in [1.165, 1.54) is 12.1 Å². The van der Waals surface area contributed by atoms with Gasteiger partial charge in [0.1, 0.15) is 5.82 Å².